The zero-order valence-electron chi connectivity index (χ0n) is 15.3. The highest BCUT2D eigenvalue weighted by molar-refractivity contribution is 8.00. The molecule has 0 aliphatic rings. The van der Waals surface area contributed by atoms with E-state index in [2.05, 4.69) is 33.5 Å². The Morgan fingerprint density at radius 3 is 2.54 bits per heavy atom. The van der Waals surface area contributed by atoms with Gasteiger partial charge in [0.1, 0.15) is 16.2 Å². The number of rotatable bonds is 6. The smallest absolute Gasteiger partial charge is 0.233 e. The van der Waals surface area contributed by atoms with Gasteiger partial charge in [0.2, 0.25) is 5.91 Å². The number of thiophene rings is 1. The molecular weight excluding hydrogens is 386 g/mol. The van der Waals surface area contributed by atoms with Gasteiger partial charge in [-0.15, -0.1) is 11.3 Å². The van der Waals surface area contributed by atoms with Gasteiger partial charge in [-0.25, -0.2) is 9.97 Å². The molecule has 0 saturated carbocycles. The number of carbonyl (C=O) groups excluding carboxylic acids is 1. The molecule has 0 radical (unpaired) electrons. The molecule has 4 nitrogen and oxygen atoms in total. The summed E-state index contributed by atoms with van der Waals surface area (Å²) in [7, 11) is 0. The van der Waals surface area contributed by atoms with Crippen molar-refractivity contribution in [3.63, 3.8) is 0 Å². The van der Waals surface area contributed by atoms with Crippen LogP contribution < -0.4 is 5.32 Å². The summed E-state index contributed by atoms with van der Waals surface area (Å²) in [6.07, 6.45) is 1.57. The van der Waals surface area contributed by atoms with Gasteiger partial charge in [-0.1, -0.05) is 72.4 Å². The fraction of sp³-hybridized carbons (Fsp3) is 0.136. The van der Waals surface area contributed by atoms with Crippen LogP contribution in [0.1, 0.15) is 12.5 Å². The highest BCUT2D eigenvalue weighted by atomic mass is 32.2. The Morgan fingerprint density at radius 1 is 1.07 bits per heavy atom. The fourth-order valence-electron chi connectivity index (χ4n) is 2.82. The number of amides is 1. The lowest BCUT2D eigenvalue weighted by atomic mass is 10.2. The van der Waals surface area contributed by atoms with E-state index >= 15 is 0 Å². The average molecular weight is 406 g/mol. The molecule has 0 fully saturated rings. The van der Waals surface area contributed by atoms with Gasteiger partial charge in [-0.05, 0) is 24.1 Å². The van der Waals surface area contributed by atoms with E-state index in [4.69, 9.17) is 0 Å². The van der Waals surface area contributed by atoms with E-state index in [0.717, 1.165) is 31.2 Å². The summed E-state index contributed by atoms with van der Waals surface area (Å²) in [6.45, 7) is 2.43. The molecule has 140 valence electrons. The molecule has 1 amide bonds. The summed E-state index contributed by atoms with van der Waals surface area (Å²) in [5, 5.41) is 4.59. The van der Waals surface area contributed by atoms with Gasteiger partial charge in [0, 0.05) is 16.8 Å². The molecule has 1 atom stereocenters. The molecule has 0 bridgehead atoms. The number of benzene rings is 2. The summed E-state index contributed by atoms with van der Waals surface area (Å²) >= 11 is 3.11. The number of carbonyl (C=O) groups is 1. The van der Waals surface area contributed by atoms with Crippen molar-refractivity contribution in [1.82, 2.24) is 15.3 Å². The number of hydrogen-bond acceptors (Lipinski definition) is 5. The average Bonchev–Trinajstić information content (AvgIpc) is 3.19. The quantitative estimate of drug-likeness (QED) is 0.356. The van der Waals surface area contributed by atoms with Gasteiger partial charge in [-0.2, -0.15) is 0 Å². The molecule has 6 heteroatoms. The SMILES string of the molecule is C[C@@H](Sc1ncnc2sc(-c3ccccc3)cc12)C(=O)NCc1ccccc1. The van der Waals surface area contributed by atoms with Crippen molar-refractivity contribution >= 4 is 39.2 Å². The zero-order valence-corrected chi connectivity index (χ0v) is 17.0. The molecule has 0 aliphatic carbocycles. The molecule has 4 aromatic rings. The predicted octanol–water partition coefficient (Wildman–Crippen LogP) is 5.16. The molecule has 2 aromatic heterocycles. The van der Waals surface area contributed by atoms with Crippen LogP contribution in [0, 0.1) is 0 Å². The Morgan fingerprint density at radius 2 is 1.79 bits per heavy atom. The van der Waals surface area contributed by atoms with Crippen molar-refractivity contribution in [2.75, 3.05) is 0 Å². The first-order chi connectivity index (χ1) is 13.7. The second kappa shape index (κ2) is 8.54. The Balaban J connectivity index is 1.49. The standard InChI is InChI=1S/C22H19N3OS2/c1-15(20(26)23-13-16-8-4-2-5-9-16)27-21-18-12-19(17-10-6-3-7-11-17)28-22(18)25-14-24-21/h2-12,14-15H,13H2,1H3,(H,23,26)/t15-/m1/s1. The van der Waals surface area contributed by atoms with E-state index in [9.17, 15) is 4.79 Å². The predicted molar refractivity (Wildman–Crippen MR) is 116 cm³/mol. The monoisotopic (exact) mass is 405 g/mol. The highest BCUT2D eigenvalue weighted by Crippen LogP contribution is 2.37. The Kier molecular flexibility index (Phi) is 5.69. The highest BCUT2D eigenvalue weighted by Gasteiger charge is 2.18. The van der Waals surface area contributed by atoms with Gasteiger partial charge in [0.25, 0.3) is 0 Å². The molecule has 4 rings (SSSR count). The summed E-state index contributed by atoms with van der Waals surface area (Å²) in [5.74, 6) is -0.000808. The van der Waals surface area contributed by atoms with Crippen LogP contribution in [0.5, 0.6) is 0 Å². The zero-order chi connectivity index (χ0) is 19.3. The second-order valence-electron chi connectivity index (χ2n) is 6.34. The normalized spacial score (nSPS) is 12.0. The summed E-state index contributed by atoms with van der Waals surface area (Å²) < 4.78 is 0. The first kappa shape index (κ1) is 18.7. The van der Waals surface area contributed by atoms with E-state index < -0.39 is 0 Å². The fourth-order valence-corrected chi connectivity index (χ4v) is 4.81. The van der Waals surface area contributed by atoms with Crippen molar-refractivity contribution in [1.29, 1.82) is 0 Å². The minimum absolute atomic E-state index is 0.000808. The Hall–Kier alpha value is -2.70. The minimum atomic E-state index is -0.248. The molecule has 0 unspecified atom stereocenters. The second-order valence-corrected chi connectivity index (χ2v) is 8.70. The first-order valence-electron chi connectivity index (χ1n) is 8.99. The van der Waals surface area contributed by atoms with Gasteiger partial charge < -0.3 is 5.32 Å². The van der Waals surface area contributed by atoms with Crippen LogP contribution in [-0.4, -0.2) is 21.1 Å². The third kappa shape index (κ3) is 4.24. The van der Waals surface area contributed by atoms with Crippen molar-refractivity contribution in [3.8, 4) is 10.4 Å². The molecule has 0 aliphatic heterocycles. The van der Waals surface area contributed by atoms with Gasteiger partial charge in [0.15, 0.2) is 0 Å². The third-order valence-corrected chi connectivity index (χ3v) is 6.53. The van der Waals surface area contributed by atoms with Crippen molar-refractivity contribution in [3.05, 3.63) is 78.6 Å². The van der Waals surface area contributed by atoms with Crippen LogP contribution in [-0.2, 0) is 11.3 Å². The van der Waals surface area contributed by atoms with E-state index in [-0.39, 0.29) is 11.2 Å². The topological polar surface area (TPSA) is 54.9 Å². The molecule has 0 spiro atoms. The van der Waals surface area contributed by atoms with Crippen LogP contribution in [0.2, 0.25) is 0 Å². The molecule has 0 saturated heterocycles. The van der Waals surface area contributed by atoms with Gasteiger partial charge >= 0.3 is 0 Å². The molecule has 2 heterocycles. The van der Waals surface area contributed by atoms with E-state index in [1.807, 2.05) is 55.5 Å². The lowest BCUT2D eigenvalue weighted by Gasteiger charge is -2.12. The van der Waals surface area contributed by atoms with Crippen molar-refractivity contribution in [2.24, 2.45) is 0 Å². The van der Waals surface area contributed by atoms with Crippen molar-refractivity contribution < 1.29 is 4.79 Å². The maximum Gasteiger partial charge on any atom is 0.233 e. The van der Waals surface area contributed by atoms with E-state index in [1.54, 1.807) is 17.7 Å². The van der Waals surface area contributed by atoms with E-state index in [0.29, 0.717) is 6.54 Å². The summed E-state index contributed by atoms with van der Waals surface area (Å²) in [5.41, 5.74) is 2.25. The van der Waals surface area contributed by atoms with Crippen LogP contribution in [0.3, 0.4) is 0 Å². The third-order valence-electron chi connectivity index (χ3n) is 4.32. The van der Waals surface area contributed by atoms with Crippen LogP contribution in [0.4, 0.5) is 0 Å². The maximum atomic E-state index is 12.5. The first-order valence-corrected chi connectivity index (χ1v) is 10.7. The lowest BCUT2D eigenvalue weighted by molar-refractivity contribution is -0.120. The number of nitrogens with one attached hydrogen (secondary N) is 1. The largest absolute Gasteiger partial charge is 0.351 e. The Bertz CT molecular complexity index is 1080. The van der Waals surface area contributed by atoms with Gasteiger partial charge in [-0.3, -0.25) is 4.79 Å². The van der Waals surface area contributed by atoms with Gasteiger partial charge in [0.05, 0.1) is 5.25 Å². The van der Waals surface area contributed by atoms with Crippen LogP contribution in [0.15, 0.2) is 78.1 Å². The molecule has 28 heavy (non-hydrogen) atoms. The number of thioether (sulfide) groups is 1. The maximum absolute atomic E-state index is 12.5. The number of hydrogen-bond donors (Lipinski definition) is 1. The summed E-state index contributed by atoms with van der Waals surface area (Å²) in [4.78, 5) is 23.4. The molecule has 1 N–H and O–H groups in total. The van der Waals surface area contributed by atoms with E-state index in [1.165, 1.54) is 11.8 Å². The number of fused-ring (bicyclic) bond motifs is 1. The molecular formula is C22H19N3OS2. The van der Waals surface area contributed by atoms with Crippen LogP contribution >= 0.6 is 23.1 Å². The summed E-state index contributed by atoms with van der Waals surface area (Å²) in [6, 6.07) is 22.3. The Labute approximate surface area is 172 Å². The van der Waals surface area contributed by atoms with Crippen LogP contribution in [0.25, 0.3) is 20.7 Å². The lowest BCUT2D eigenvalue weighted by Crippen LogP contribution is -2.30. The number of aromatic nitrogens is 2. The molecule has 2 aromatic carbocycles. The minimum Gasteiger partial charge on any atom is -0.351 e. The van der Waals surface area contributed by atoms with Crippen molar-refractivity contribution in [2.45, 2.75) is 23.7 Å². The number of nitrogens with zero attached hydrogens (tertiary/aromatic N) is 2.